The number of hydrogen-bond donors (Lipinski definition) is 0. The summed E-state index contributed by atoms with van der Waals surface area (Å²) >= 11 is 3.58. The van der Waals surface area contributed by atoms with E-state index in [2.05, 4.69) is 76.0 Å². The fourth-order valence-electron chi connectivity index (χ4n) is 3.20. The van der Waals surface area contributed by atoms with E-state index < -0.39 is 0 Å². The topological polar surface area (TPSA) is 17.8 Å². The molecule has 0 aliphatic carbocycles. The van der Waals surface area contributed by atoms with Crippen molar-refractivity contribution in [3.63, 3.8) is 0 Å². The summed E-state index contributed by atoms with van der Waals surface area (Å²) < 4.78 is 3.48. The second kappa shape index (κ2) is 8.48. The normalized spacial score (nSPS) is 11.2. The van der Waals surface area contributed by atoms with Crippen LogP contribution in [0.3, 0.4) is 0 Å². The number of fused-ring (bicyclic) bond motifs is 1. The second-order valence-electron chi connectivity index (χ2n) is 6.35. The standard InChI is InChI=1S/C21H25BrN2/c1-2-3-4-5-6-9-15-24-20-14-8-7-13-19(20)23-21(24)17-11-10-12-18(22)16-17/h7-8,10-14,16H,2-6,9,15H2,1H3. The smallest absolute Gasteiger partial charge is 0.141 e. The molecule has 1 heterocycles. The van der Waals surface area contributed by atoms with Gasteiger partial charge in [0.15, 0.2) is 0 Å². The van der Waals surface area contributed by atoms with Crippen LogP contribution in [-0.4, -0.2) is 9.55 Å². The summed E-state index contributed by atoms with van der Waals surface area (Å²) in [6.07, 6.45) is 7.87. The number of aromatic nitrogens is 2. The maximum atomic E-state index is 4.89. The Balaban J connectivity index is 1.83. The molecule has 0 spiro atoms. The van der Waals surface area contributed by atoms with E-state index in [1.165, 1.54) is 49.6 Å². The van der Waals surface area contributed by atoms with Crippen molar-refractivity contribution >= 4 is 27.0 Å². The van der Waals surface area contributed by atoms with Crippen LogP contribution in [0, 0.1) is 0 Å². The predicted molar refractivity (Wildman–Crippen MR) is 106 cm³/mol. The molecule has 0 N–H and O–H groups in total. The lowest BCUT2D eigenvalue weighted by molar-refractivity contribution is 0.566. The Morgan fingerprint density at radius 2 is 1.71 bits per heavy atom. The van der Waals surface area contributed by atoms with Gasteiger partial charge in [0, 0.05) is 16.6 Å². The molecule has 0 saturated heterocycles. The number of benzene rings is 2. The van der Waals surface area contributed by atoms with Crippen LogP contribution in [0.25, 0.3) is 22.4 Å². The van der Waals surface area contributed by atoms with Crippen LogP contribution in [0.5, 0.6) is 0 Å². The molecule has 0 radical (unpaired) electrons. The van der Waals surface area contributed by atoms with Gasteiger partial charge in [-0.1, -0.05) is 79.2 Å². The summed E-state index contributed by atoms with van der Waals surface area (Å²) in [5.41, 5.74) is 3.49. The van der Waals surface area contributed by atoms with E-state index in [0.29, 0.717) is 0 Å². The third-order valence-corrected chi connectivity index (χ3v) is 4.97. The van der Waals surface area contributed by atoms with Gasteiger partial charge in [-0.2, -0.15) is 0 Å². The maximum absolute atomic E-state index is 4.89. The van der Waals surface area contributed by atoms with E-state index in [1.807, 2.05) is 0 Å². The Bertz CT molecular complexity index is 791. The predicted octanol–water partition coefficient (Wildman–Crippen LogP) is 6.83. The van der Waals surface area contributed by atoms with Crippen LogP contribution in [0.4, 0.5) is 0 Å². The van der Waals surface area contributed by atoms with Crippen LogP contribution in [-0.2, 0) is 6.54 Å². The van der Waals surface area contributed by atoms with Gasteiger partial charge in [0.25, 0.3) is 0 Å². The molecule has 3 aromatic rings. The van der Waals surface area contributed by atoms with Crippen LogP contribution < -0.4 is 0 Å². The van der Waals surface area contributed by atoms with E-state index in [1.54, 1.807) is 0 Å². The summed E-state index contributed by atoms with van der Waals surface area (Å²) in [6, 6.07) is 16.9. The Morgan fingerprint density at radius 3 is 2.54 bits per heavy atom. The number of unbranched alkanes of at least 4 members (excludes halogenated alkanes) is 5. The van der Waals surface area contributed by atoms with Crippen molar-refractivity contribution in [2.45, 2.75) is 52.0 Å². The van der Waals surface area contributed by atoms with Crippen LogP contribution in [0.2, 0.25) is 0 Å². The molecular weight excluding hydrogens is 360 g/mol. The van der Waals surface area contributed by atoms with Crippen molar-refractivity contribution in [1.82, 2.24) is 9.55 Å². The molecule has 0 unspecified atom stereocenters. The number of imidazole rings is 1. The van der Waals surface area contributed by atoms with Crippen molar-refractivity contribution in [3.8, 4) is 11.4 Å². The second-order valence-corrected chi connectivity index (χ2v) is 7.27. The Hall–Kier alpha value is -1.61. The van der Waals surface area contributed by atoms with Gasteiger partial charge < -0.3 is 4.57 Å². The summed E-state index contributed by atoms with van der Waals surface area (Å²) in [6.45, 7) is 3.30. The molecule has 24 heavy (non-hydrogen) atoms. The van der Waals surface area contributed by atoms with Gasteiger partial charge >= 0.3 is 0 Å². The average molecular weight is 385 g/mol. The molecule has 0 saturated carbocycles. The fraction of sp³-hybridized carbons (Fsp3) is 0.381. The summed E-state index contributed by atoms with van der Waals surface area (Å²) in [4.78, 5) is 4.89. The zero-order valence-corrected chi connectivity index (χ0v) is 15.9. The molecule has 126 valence electrons. The van der Waals surface area contributed by atoms with Gasteiger partial charge in [0.2, 0.25) is 0 Å². The van der Waals surface area contributed by atoms with Crippen LogP contribution in [0.1, 0.15) is 45.4 Å². The van der Waals surface area contributed by atoms with Crippen molar-refractivity contribution < 1.29 is 0 Å². The zero-order valence-electron chi connectivity index (χ0n) is 14.3. The number of halogens is 1. The third kappa shape index (κ3) is 4.07. The number of rotatable bonds is 8. The van der Waals surface area contributed by atoms with Crippen molar-refractivity contribution in [2.24, 2.45) is 0 Å². The highest BCUT2D eigenvalue weighted by atomic mass is 79.9. The summed E-state index contributed by atoms with van der Waals surface area (Å²) in [5.74, 6) is 1.08. The average Bonchev–Trinajstić information content (AvgIpc) is 2.97. The molecule has 0 bridgehead atoms. The quantitative estimate of drug-likeness (QED) is 0.389. The van der Waals surface area contributed by atoms with Crippen molar-refractivity contribution in [3.05, 3.63) is 53.0 Å². The molecule has 0 atom stereocenters. The first-order valence-corrected chi connectivity index (χ1v) is 9.80. The molecule has 2 nitrogen and oxygen atoms in total. The van der Waals surface area contributed by atoms with Gasteiger partial charge in [-0.25, -0.2) is 4.98 Å². The van der Waals surface area contributed by atoms with E-state index in [9.17, 15) is 0 Å². The van der Waals surface area contributed by atoms with Crippen LogP contribution in [0.15, 0.2) is 53.0 Å². The summed E-state index contributed by atoms with van der Waals surface area (Å²) in [5, 5.41) is 0. The minimum absolute atomic E-state index is 1.04. The van der Waals surface area contributed by atoms with E-state index in [4.69, 9.17) is 4.98 Å². The highest BCUT2D eigenvalue weighted by Gasteiger charge is 2.12. The number of aryl methyl sites for hydroxylation is 1. The number of nitrogens with zero attached hydrogens (tertiary/aromatic N) is 2. The minimum Gasteiger partial charge on any atom is -0.324 e. The molecule has 3 heteroatoms. The number of hydrogen-bond acceptors (Lipinski definition) is 1. The van der Waals surface area contributed by atoms with Gasteiger partial charge in [-0.3, -0.25) is 0 Å². The molecule has 0 aliphatic heterocycles. The first-order chi connectivity index (χ1) is 11.8. The van der Waals surface area contributed by atoms with E-state index >= 15 is 0 Å². The molecule has 2 aromatic carbocycles. The van der Waals surface area contributed by atoms with E-state index in [0.717, 1.165) is 22.4 Å². The first-order valence-electron chi connectivity index (χ1n) is 9.01. The Labute approximate surface area is 153 Å². The molecule has 3 rings (SSSR count). The summed E-state index contributed by atoms with van der Waals surface area (Å²) in [7, 11) is 0. The lowest BCUT2D eigenvalue weighted by atomic mass is 10.1. The van der Waals surface area contributed by atoms with Gasteiger partial charge in [0.1, 0.15) is 5.82 Å². The number of para-hydroxylation sites is 2. The highest BCUT2D eigenvalue weighted by molar-refractivity contribution is 9.10. The van der Waals surface area contributed by atoms with Gasteiger partial charge in [-0.05, 0) is 30.7 Å². The monoisotopic (exact) mass is 384 g/mol. The maximum Gasteiger partial charge on any atom is 0.141 e. The Morgan fingerprint density at radius 1 is 0.917 bits per heavy atom. The largest absolute Gasteiger partial charge is 0.324 e. The molecule has 0 fully saturated rings. The fourth-order valence-corrected chi connectivity index (χ4v) is 3.60. The third-order valence-electron chi connectivity index (χ3n) is 4.47. The van der Waals surface area contributed by atoms with Gasteiger partial charge in [-0.15, -0.1) is 0 Å². The molecule has 1 aromatic heterocycles. The van der Waals surface area contributed by atoms with Crippen molar-refractivity contribution in [2.75, 3.05) is 0 Å². The van der Waals surface area contributed by atoms with Crippen LogP contribution >= 0.6 is 15.9 Å². The highest BCUT2D eigenvalue weighted by Crippen LogP contribution is 2.27. The molecule has 0 amide bonds. The SMILES string of the molecule is CCCCCCCCn1c(-c2cccc(Br)c2)nc2ccccc21. The Kier molecular flexibility index (Phi) is 6.08. The molecule has 0 aliphatic rings. The van der Waals surface area contributed by atoms with Crippen molar-refractivity contribution in [1.29, 1.82) is 0 Å². The van der Waals surface area contributed by atoms with Gasteiger partial charge in [0.05, 0.1) is 11.0 Å². The molecular formula is C21H25BrN2. The lowest BCUT2D eigenvalue weighted by Crippen LogP contribution is -2.01. The first kappa shape index (κ1) is 17.2. The van der Waals surface area contributed by atoms with E-state index in [-0.39, 0.29) is 0 Å². The minimum atomic E-state index is 1.04. The lowest BCUT2D eigenvalue weighted by Gasteiger charge is -2.10. The zero-order chi connectivity index (χ0) is 16.8.